The number of nitro benzene ring substituents is 1. The SMILES string of the molecule is N#Cc1ccc(COc2ccc(CC(NC(=O)c3ccc4ccccc4c3)C(=O)NS(=O)(=O)c3ccc(NCCCc4ccccc4)c([N+](=O)[O-])c3)cc2)cc1. The number of ether oxygens (including phenoxy) is 1. The Labute approximate surface area is 324 Å². The molecule has 0 fully saturated rings. The Morgan fingerprint density at radius 3 is 2.20 bits per heavy atom. The van der Waals surface area contributed by atoms with E-state index in [2.05, 4.69) is 16.7 Å². The zero-order valence-corrected chi connectivity index (χ0v) is 30.9. The van der Waals surface area contributed by atoms with Crippen molar-refractivity contribution < 1.29 is 27.7 Å². The summed E-state index contributed by atoms with van der Waals surface area (Å²) in [6.45, 7) is 0.653. The number of nitriles is 1. The van der Waals surface area contributed by atoms with Crippen molar-refractivity contribution >= 4 is 44.0 Å². The summed E-state index contributed by atoms with van der Waals surface area (Å²) >= 11 is 0. The zero-order chi connectivity index (χ0) is 39.5. The van der Waals surface area contributed by atoms with Crippen LogP contribution in [0.3, 0.4) is 0 Å². The lowest BCUT2D eigenvalue weighted by Gasteiger charge is -2.19. The summed E-state index contributed by atoms with van der Waals surface area (Å²) in [6.07, 6.45) is 1.33. The van der Waals surface area contributed by atoms with Crippen LogP contribution < -0.4 is 20.1 Å². The molecule has 12 nitrogen and oxygen atoms in total. The maximum Gasteiger partial charge on any atom is 0.293 e. The molecule has 3 N–H and O–H groups in total. The molecule has 13 heteroatoms. The molecule has 0 aliphatic carbocycles. The monoisotopic (exact) mass is 767 g/mol. The Morgan fingerprint density at radius 1 is 0.786 bits per heavy atom. The molecular weight excluding hydrogens is 731 g/mol. The van der Waals surface area contributed by atoms with Crippen LogP contribution in [0.25, 0.3) is 10.8 Å². The third-order valence-electron chi connectivity index (χ3n) is 9.00. The average Bonchev–Trinajstić information content (AvgIpc) is 3.22. The molecule has 6 rings (SSSR count). The first-order valence-corrected chi connectivity index (χ1v) is 19.2. The van der Waals surface area contributed by atoms with Crippen molar-refractivity contribution in [2.24, 2.45) is 0 Å². The highest BCUT2D eigenvalue weighted by Crippen LogP contribution is 2.28. The van der Waals surface area contributed by atoms with Gasteiger partial charge in [-0.25, -0.2) is 13.1 Å². The molecule has 1 atom stereocenters. The molecule has 1 unspecified atom stereocenters. The fourth-order valence-corrected chi connectivity index (χ4v) is 7.02. The summed E-state index contributed by atoms with van der Waals surface area (Å²) in [6, 6.07) is 40.1. The number of nitro groups is 1. The molecule has 0 saturated carbocycles. The molecule has 56 heavy (non-hydrogen) atoms. The van der Waals surface area contributed by atoms with Crippen molar-refractivity contribution in [3.8, 4) is 11.8 Å². The predicted molar refractivity (Wildman–Crippen MR) is 213 cm³/mol. The molecule has 0 spiro atoms. The molecular formula is C43H37N5O7S. The van der Waals surface area contributed by atoms with Gasteiger partial charge in [0.25, 0.3) is 27.5 Å². The molecule has 0 radical (unpaired) electrons. The number of sulfonamides is 1. The number of amides is 2. The molecule has 0 saturated heterocycles. The van der Waals surface area contributed by atoms with E-state index in [-0.39, 0.29) is 24.3 Å². The summed E-state index contributed by atoms with van der Waals surface area (Å²) in [5, 5.41) is 28.4. The fourth-order valence-electron chi connectivity index (χ4n) is 5.98. The van der Waals surface area contributed by atoms with Crippen LogP contribution in [0.1, 0.15) is 39.0 Å². The lowest BCUT2D eigenvalue weighted by Crippen LogP contribution is -2.49. The lowest BCUT2D eigenvalue weighted by atomic mass is 10.0. The van der Waals surface area contributed by atoms with E-state index in [1.54, 1.807) is 66.7 Å². The number of nitrogens with one attached hydrogen (secondary N) is 3. The van der Waals surface area contributed by atoms with E-state index in [0.29, 0.717) is 29.8 Å². The fraction of sp³-hybridized carbons (Fsp3) is 0.140. The van der Waals surface area contributed by atoms with Gasteiger partial charge in [0.05, 0.1) is 21.5 Å². The van der Waals surface area contributed by atoms with E-state index >= 15 is 0 Å². The van der Waals surface area contributed by atoms with Gasteiger partial charge in [-0.2, -0.15) is 5.26 Å². The minimum Gasteiger partial charge on any atom is -0.489 e. The Bertz CT molecular complexity index is 2500. The van der Waals surface area contributed by atoms with Gasteiger partial charge in [0.15, 0.2) is 0 Å². The standard InChI is InChI=1S/C43H37N5O7S/c44-28-32-12-14-33(15-13-32)29-55-37-20-16-31(17-21-37)25-40(46-42(49)36-19-18-34-10-4-5-11-35(34)26-36)43(50)47-56(53,54)38-22-23-39(41(27-38)48(51)52)45-24-6-9-30-7-2-1-3-8-30/h1-5,7-8,10-23,26-27,40,45H,6,9,24-25,29H2,(H,46,49)(H,47,50). The number of carbonyl (C=O) groups excluding carboxylic acids is 2. The average molecular weight is 768 g/mol. The van der Waals surface area contributed by atoms with E-state index in [9.17, 15) is 28.1 Å². The number of rotatable bonds is 16. The first-order chi connectivity index (χ1) is 27.1. The van der Waals surface area contributed by atoms with Crippen molar-refractivity contribution in [1.29, 1.82) is 5.26 Å². The van der Waals surface area contributed by atoms with Gasteiger partial charge in [0, 0.05) is 24.6 Å². The van der Waals surface area contributed by atoms with Gasteiger partial charge in [0.2, 0.25) is 0 Å². The Morgan fingerprint density at radius 2 is 1.48 bits per heavy atom. The highest BCUT2D eigenvalue weighted by atomic mass is 32.2. The quantitative estimate of drug-likeness (QED) is 0.0526. The minimum absolute atomic E-state index is 0.0947. The molecule has 0 aliphatic rings. The largest absolute Gasteiger partial charge is 0.489 e. The summed E-state index contributed by atoms with van der Waals surface area (Å²) in [7, 11) is -4.63. The van der Waals surface area contributed by atoms with Crippen LogP contribution in [-0.4, -0.2) is 37.7 Å². The Kier molecular flexibility index (Phi) is 12.3. The number of hydrogen-bond acceptors (Lipinski definition) is 9. The van der Waals surface area contributed by atoms with Gasteiger partial charge in [-0.15, -0.1) is 0 Å². The van der Waals surface area contributed by atoms with E-state index in [4.69, 9.17) is 10.00 Å². The van der Waals surface area contributed by atoms with Gasteiger partial charge in [-0.3, -0.25) is 19.7 Å². The maximum atomic E-state index is 13.8. The highest BCUT2D eigenvalue weighted by Gasteiger charge is 2.29. The third kappa shape index (κ3) is 10.1. The van der Waals surface area contributed by atoms with Crippen molar-refractivity contribution in [2.75, 3.05) is 11.9 Å². The van der Waals surface area contributed by atoms with Crippen molar-refractivity contribution in [1.82, 2.24) is 10.0 Å². The molecule has 0 aromatic heterocycles. The number of benzene rings is 6. The number of carbonyl (C=O) groups is 2. The van der Waals surface area contributed by atoms with Crippen LogP contribution in [0.5, 0.6) is 5.75 Å². The maximum absolute atomic E-state index is 13.8. The highest BCUT2D eigenvalue weighted by molar-refractivity contribution is 7.90. The molecule has 0 bridgehead atoms. The van der Waals surface area contributed by atoms with E-state index in [1.165, 1.54) is 12.1 Å². The van der Waals surface area contributed by atoms with Crippen LogP contribution in [0.2, 0.25) is 0 Å². The number of fused-ring (bicyclic) bond motifs is 1. The summed E-state index contributed by atoms with van der Waals surface area (Å²) in [5.74, 6) is -1.11. The second-order valence-corrected chi connectivity index (χ2v) is 14.6. The third-order valence-corrected chi connectivity index (χ3v) is 10.3. The topological polar surface area (TPSA) is 181 Å². The van der Waals surface area contributed by atoms with E-state index in [1.807, 2.05) is 59.3 Å². The lowest BCUT2D eigenvalue weighted by molar-refractivity contribution is -0.384. The first kappa shape index (κ1) is 38.7. The number of anilines is 1. The number of nitrogens with zero attached hydrogens (tertiary/aromatic N) is 2. The second-order valence-electron chi connectivity index (χ2n) is 13.0. The molecule has 2 amide bonds. The second kappa shape index (κ2) is 17.9. The van der Waals surface area contributed by atoms with Crippen molar-refractivity contribution in [2.45, 2.75) is 36.8 Å². The van der Waals surface area contributed by atoms with Crippen LogP contribution in [0.15, 0.2) is 144 Å². The van der Waals surface area contributed by atoms with Crippen LogP contribution in [0, 0.1) is 21.4 Å². The van der Waals surface area contributed by atoms with E-state index in [0.717, 1.165) is 34.4 Å². The number of hydrogen-bond donors (Lipinski definition) is 3. The van der Waals surface area contributed by atoms with Crippen LogP contribution in [0.4, 0.5) is 11.4 Å². The predicted octanol–water partition coefficient (Wildman–Crippen LogP) is 7.09. The smallest absolute Gasteiger partial charge is 0.293 e. The summed E-state index contributed by atoms with van der Waals surface area (Å²) in [4.78, 5) is 38.1. The van der Waals surface area contributed by atoms with Crippen LogP contribution in [-0.2, 0) is 34.3 Å². The normalized spacial score (nSPS) is 11.6. The molecule has 282 valence electrons. The molecule has 0 heterocycles. The first-order valence-electron chi connectivity index (χ1n) is 17.7. The van der Waals surface area contributed by atoms with Crippen molar-refractivity contribution in [3.05, 3.63) is 177 Å². The Balaban J connectivity index is 1.17. The van der Waals surface area contributed by atoms with Gasteiger partial charge >= 0.3 is 0 Å². The van der Waals surface area contributed by atoms with Gasteiger partial charge < -0.3 is 15.4 Å². The van der Waals surface area contributed by atoms with Crippen LogP contribution >= 0.6 is 0 Å². The van der Waals surface area contributed by atoms with Gasteiger partial charge in [0.1, 0.15) is 24.1 Å². The number of aryl methyl sites for hydroxylation is 1. The van der Waals surface area contributed by atoms with E-state index < -0.39 is 43.4 Å². The van der Waals surface area contributed by atoms with Gasteiger partial charge in [-0.05, 0) is 88.8 Å². The molecule has 6 aromatic rings. The Hall–Kier alpha value is -7.04. The minimum atomic E-state index is -4.63. The molecule has 6 aromatic carbocycles. The molecule has 0 aliphatic heterocycles. The summed E-state index contributed by atoms with van der Waals surface area (Å²) < 4.78 is 35.0. The van der Waals surface area contributed by atoms with Gasteiger partial charge in [-0.1, -0.05) is 84.9 Å². The zero-order valence-electron chi connectivity index (χ0n) is 30.1. The van der Waals surface area contributed by atoms with Crippen molar-refractivity contribution in [3.63, 3.8) is 0 Å². The summed E-state index contributed by atoms with van der Waals surface area (Å²) in [5.41, 5.74) is 3.03.